The van der Waals surface area contributed by atoms with Crippen LogP contribution in [0.4, 0.5) is 0 Å². The van der Waals surface area contributed by atoms with E-state index in [1.54, 1.807) is 43.4 Å². The van der Waals surface area contributed by atoms with Crippen LogP contribution in [0.2, 0.25) is 0 Å². The van der Waals surface area contributed by atoms with Gasteiger partial charge in [0, 0.05) is 16.6 Å². The number of aliphatic carboxylic acids is 1. The summed E-state index contributed by atoms with van der Waals surface area (Å²) in [4.78, 5) is 37.7. The third kappa shape index (κ3) is 7.07. The number of hydrogen-bond donors (Lipinski definition) is 1. The quantitative estimate of drug-likeness (QED) is 0.154. The SMILES string of the molecule is Cc1cc(C(C)(C)c2cc(C)c(C(C)(C)OC(=O)c3ccccc3)c(C)c2)cc(C)c1OC(=O)C1(C)C=CC/C(C(=O)O)=C/C=C\1. The molecule has 1 atom stereocenters. The first-order valence-electron chi connectivity index (χ1n) is 15.5. The predicted octanol–water partition coefficient (Wildman–Crippen LogP) is 8.78. The molecule has 0 spiro atoms. The van der Waals surface area contributed by atoms with Gasteiger partial charge in [-0.05, 0) is 100 Å². The van der Waals surface area contributed by atoms with E-state index in [2.05, 4.69) is 52.0 Å². The molecule has 0 saturated heterocycles. The van der Waals surface area contributed by atoms with E-state index in [1.807, 2.05) is 45.9 Å². The van der Waals surface area contributed by atoms with Crippen molar-refractivity contribution in [2.45, 2.75) is 79.8 Å². The van der Waals surface area contributed by atoms with Gasteiger partial charge in [0.25, 0.3) is 0 Å². The Morgan fingerprint density at radius 1 is 0.804 bits per heavy atom. The van der Waals surface area contributed by atoms with E-state index in [1.165, 1.54) is 6.08 Å². The number of carboxylic acids is 1. The Morgan fingerprint density at radius 2 is 1.35 bits per heavy atom. The Balaban J connectivity index is 1.60. The molecule has 240 valence electrons. The minimum absolute atomic E-state index is 0.223. The number of carbonyl (C=O) groups excluding carboxylic acids is 2. The summed E-state index contributed by atoms with van der Waals surface area (Å²) in [5, 5.41) is 9.29. The molecule has 1 aliphatic carbocycles. The molecule has 3 aromatic carbocycles. The molecule has 3 aromatic rings. The third-order valence-electron chi connectivity index (χ3n) is 8.85. The average Bonchev–Trinajstić information content (AvgIpc) is 2.96. The van der Waals surface area contributed by atoms with Crippen LogP contribution in [-0.4, -0.2) is 23.0 Å². The molecule has 1 aliphatic rings. The minimum Gasteiger partial charge on any atom is -0.478 e. The van der Waals surface area contributed by atoms with Crippen LogP contribution in [-0.2, 0) is 25.3 Å². The van der Waals surface area contributed by atoms with E-state index in [0.29, 0.717) is 11.3 Å². The van der Waals surface area contributed by atoms with Crippen LogP contribution in [0.5, 0.6) is 5.75 Å². The molecule has 0 saturated carbocycles. The van der Waals surface area contributed by atoms with Gasteiger partial charge in [-0.2, -0.15) is 0 Å². The first-order chi connectivity index (χ1) is 21.5. The molecule has 6 nitrogen and oxygen atoms in total. The van der Waals surface area contributed by atoms with Crippen LogP contribution < -0.4 is 4.74 Å². The maximum absolute atomic E-state index is 13.4. The summed E-state index contributed by atoms with van der Waals surface area (Å²) >= 11 is 0. The van der Waals surface area contributed by atoms with Gasteiger partial charge in [0.15, 0.2) is 0 Å². The van der Waals surface area contributed by atoms with Crippen molar-refractivity contribution in [3.05, 3.63) is 135 Å². The molecule has 1 unspecified atom stereocenters. The van der Waals surface area contributed by atoms with Gasteiger partial charge in [0.1, 0.15) is 16.8 Å². The molecule has 6 heteroatoms. The molecule has 46 heavy (non-hydrogen) atoms. The van der Waals surface area contributed by atoms with Gasteiger partial charge in [-0.3, -0.25) is 4.79 Å². The monoisotopic (exact) mass is 620 g/mol. The van der Waals surface area contributed by atoms with Crippen LogP contribution >= 0.6 is 0 Å². The number of benzene rings is 3. The summed E-state index contributed by atoms with van der Waals surface area (Å²) in [7, 11) is 0. The van der Waals surface area contributed by atoms with Crippen LogP contribution in [0.15, 0.2) is 90.6 Å². The molecular formula is C40H44O6. The fourth-order valence-corrected chi connectivity index (χ4v) is 6.24. The number of aryl methyl sites for hydroxylation is 4. The van der Waals surface area contributed by atoms with Crippen molar-refractivity contribution in [1.82, 2.24) is 0 Å². The predicted molar refractivity (Wildman–Crippen MR) is 181 cm³/mol. The van der Waals surface area contributed by atoms with Crippen molar-refractivity contribution in [1.29, 1.82) is 0 Å². The van der Waals surface area contributed by atoms with Crippen LogP contribution in [0.1, 0.15) is 90.3 Å². The zero-order valence-corrected chi connectivity index (χ0v) is 28.3. The van der Waals surface area contributed by atoms with Gasteiger partial charge in [0.2, 0.25) is 0 Å². The van der Waals surface area contributed by atoms with Gasteiger partial charge in [-0.1, -0.05) is 86.7 Å². The van der Waals surface area contributed by atoms with Gasteiger partial charge in [-0.25, -0.2) is 9.59 Å². The summed E-state index contributed by atoms with van der Waals surface area (Å²) in [6.45, 7) is 17.9. The molecule has 1 N–H and O–H groups in total. The van der Waals surface area contributed by atoms with Gasteiger partial charge in [0.05, 0.1) is 5.56 Å². The number of esters is 2. The Morgan fingerprint density at radius 3 is 1.89 bits per heavy atom. The Hall–Kier alpha value is -4.71. The van der Waals surface area contributed by atoms with E-state index >= 15 is 0 Å². The van der Waals surface area contributed by atoms with E-state index in [-0.39, 0.29) is 23.4 Å². The maximum atomic E-state index is 13.4. The highest BCUT2D eigenvalue weighted by Crippen LogP contribution is 2.40. The van der Waals surface area contributed by atoms with Gasteiger partial charge in [-0.15, -0.1) is 0 Å². The third-order valence-corrected chi connectivity index (χ3v) is 8.85. The standard InChI is InChI=1S/C40H44O6/c1-25-21-31(22-26(2)33(25)39(7,8)46-36(43)30-15-11-10-12-16-30)38(5,6)32-23-27(3)34(28(4)24-32)45-37(44)40(9)19-13-17-29(35(41)42)18-14-20-40/h10-17,19-24H,18H2,1-9H3,(H,41,42)/b19-13-,20-14?,29-17-. The fourth-order valence-electron chi connectivity index (χ4n) is 6.24. The molecule has 0 amide bonds. The topological polar surface area (TPSA) is 89.9 Å². The highest BCUT2D eigenvalue weighted by molar-refractivity contribution is 5.90. The number of allylic oxidation sites excluding steroid dienone is 3. The normalized spacial score (nSPS) is 18.5. The van der Waals surface area contributed by atoms with E-state index < -0.39 is 23.0 Å². The lowest BCUT2D eigenvalue weighted by Gasteiger charge is -2.33. The molecule has 0 aromatic heterocycles. The van der Waals surface area contributed by atoms with Crippen molar-refractivity contribution in [2.75, 3.05) is 0 Å². The second kappa shape index (κ2) is 13.0. The van der Waals surface area contributed by atoms with E-state index in [9.17, 15) is 19.5 Å². The molecule has 0 fully saturated rings. The lowest BCUT2D eigenvalue weighted by molar-refractivity contribution is -0.140. The first-order valence-corrected chi connectivity index (χ1v) is 15.5. The zero-order chi connectivity index (χ0) is 34.0. The smallest absolute Gasteiger partial charge is 0.338 e. The van der Waals surface area contributed by atoms with Crippen LogP contribution in [0.3, 0.4) is 0 Å². The van der Waals surface area contributed by atoms with Crippen molar-refractivity contribution in [3.8, 4) is 5.75 Å². The summed E-state index contributed by atoms with van der Waals surface area (Å²) in [6.07, 6.45) is 8.39. The van der Waals surface area contributed by atoms with E-state index in [4.69, 9.17) is 9.47 Å². The van der Waals surface area contributed by atoms with Crippen LogP contribution in [0, 0.1) is 33.1 Å². The maximum Gasteiger partial charge on any atom is 0.338 e. The molecule has 4 rings (SSSR count). The largest absolute Gasteiger partial charge is 0.478 e. The Labute approximate surface area is 272 Å². The summed E-state index contributed by atoms with van der Waals surface area (Å²) in [6, 6.07) is 17.5. The van der Waals surface area contributed by atoms with Gasteiger partial charge >= 0.3 is 17.9 Å². The first kappa shape index (κ1) is 34.2. The lowest BCUT2D eigenvalue weighted by atomic mass is 9.74. The van der Waals surface area contributed by atoms with Crippen molar-refractivity contribution >= 4 is 17.9 Å². The molecule has 0 aliphatic heterocycles. The molecule has 0 bridgehead atoms. The van der Waals surface area contributed by atoms with Crippen molar-refractivity contribution < 1.29 is 29.0 Å². The van der Waals surface area contributed by atoms with Crippen LogP contribution in [0.25, 0.3) is 0 Å². The van der Waals surface area contributed by atoms with E-state index in [0.717, 1.165) is 38.9 Å². The number of carboxylic acid groups (broad SMARTS) is 1. The second-order valence-corrected chi connectivity index (χ2v) is 13.4. The molecular weight excluding hydrogens is 576 g/mol. The van der Waals surface area contributed by atoms with Gasteiger partial charge < -0.3 is 14.6 Å². The molecule has 0 radical (unpaired) electrons. The van der Waals surface area contributed by atoms with Crippen molar-refractivity contribution in [3.63, 3.8) is 0 Å². The Kier molecular flexibility index (Phi) is 9.62. The highest BCUT2D eigenvalue weighted by Gasteiger charge is 2.34. The zero-order valence-electron chi connectivity index (χ0n) is 28.3. The van der Waals surface area contributed by atoms with Crippen molar-refractivity contribution in [2.24, 2.45) is 5.41 Å². The summed E-state index contributed by atoms with van der Waals surface area (Å²) in [5.74, 6) is -1.27. The lowest BCUT2D eigenvalue weighted by Crippen LogP contribution is -2.29. The fraction of sp³-hybridized carbons (Fsp3) is 0.325. The minimum atomic E-state index is -1.04. The number of hydrogen-bond acceptors (Lipinski definition) is 5. The summed E-state index contributed by atoms with van der Waals surface area (Å²) in [5.41, 5.74) is 5.42. The second-order valence-electron chi connectivity index (χ2n) is 13.4. The number of ether oxygens (including phenoxy) is 2. The highest BCUT2D eigenvalue weighted by atomic mass is 16.6. The molecule has 0 heterocycles. The number of carbonyl (C=O) groups is 3. The Bertz CT molecular complexity index is 1720. The average molecular weight is 621 g/mol. The summed E-state index contributed by atoms with van der Waals surface area (Å²) < 4.78 is 12.0. The number of rotatable bonds is 8.